The van der Waals surface area contributed by atoms with E-state index in [4.69, 9.17) is 5.11 Å². The molecule has 2 unspecified atom stereocenters. The Morgan fingerprint density at radius 2 is 2.13 bits per heavy atom. The van der Waals surface area contributed by atoms with Crippen molar-refractivity contribution in [3.05, 3.63) is 0 Å². The standard InChI is InChI=1S/C7H19N2O5P/c1-8-7(10)6-14-15(11,12)13-5-4-9(2)3/h7-8,10H,4-6H2,1-3H3,(H,11,12)/p-1. The fourth-order valence-electron chi connectivity index (χ4n) is 0.618. The molecule has 2 atom stereocenters. The molecular weight excluding hydrogens is 223 g/mol. The third kappa shape index (κ3) is 8.95. The molecule has 0 aliphatic carbocycles. The number of hydrogen-bond acceptors (Lipinski definition) is 7. The molecule has 0 spiro atoms. The molecule has 0 radical (unpaired) electrons. The summed E-state index contributed by atoms with van der Waals surface area (Å²) in [5.41, 5.74) is 0. The van der Waals surface area contributed by atoms with Crippen LogP contribution in [0, 0.1) is 0 Å². The van der Waals surface area contributed by atoms with Gasteiger partial charge < -0.3 is 23.9 Å². The topological polar surface area (TPSA) is 94.1 Å². The first-order valence-corrected chi connectivity index (χ1v) is 5.93. The fourth-order valence-corrected chi connectivity index (χ4v) is 1.32. The second-order valence-electron chi connectivity index (χ2n) is 3.18. The summed E-state index contributed by atoms with van der Waals surface area (Å²) in [5.74, 6) is 0. The van der Waals surface area contributed by atoms with Gasteiger partial charge in [0.25, 0.3) is 7.82 Å². The van der Waals surface area contributed by atoms with E-state index < -0.39 is 14.1 Å². The number of likely N-dealkylation sites (N-methyl/N-ethyl adjacent to an activating group) is 2. The van der Waals surface area contributed by atoms with Crippen LogP contribution < -0.4 is 10.2 Å². The van der Waals surface area contributed by atoms with Crippen LogP contribution in [0.2, 0.25) is 0 Å². The minimum Gasteiger partial charge on any atom is -0.756 e. The van der Waals surface area contributed by atoms with Crippen LogP contribution in [0.25, 0.3) is 0 Å². The largest absolute Gasteiger partial charge is 0.756 e. The van der Waals surface area contributed by atoms with E-state index in [9.17, 15) is 9.46 Å². The highest BCUT2D eigenvalue weighted by Crippen LogP contribution is 2.37. The van der Waals surface area contributed by atoms with E-state index in [-0.39, 0.29) is 13.2 Å². The van der Waals surface area contributed by atoms with Crippen molar-refractivity contribution in [2.24, 2.45) is 0 Å². The SMILES string of the molecule is CNC(O)COP(=O)([O-])OCCN(C)C. The summed E-state index contributed by atoms with van der Waals surface area (Å²) in [4.78, 5) is 12.8. The molecule has 0 fully saturated rings. The van der Waals surface area contributed by atoms with Gasteiger partial charge in [0.2, 0.25) is 0 Å². The Hall–Kier alpha value is -0.0100. The van der Waals surface area contributed by atoms with Crippen molar-refractivity contribution in [2.45, 2.75) is 6.23 Å². The number of rotatable bonds is 8. The first-order chi connectivity index (χ1) is 6.87. The van der Waals surface area contributed by atoms with Gasteiger partial charge in [0.1, 0.15) is 6.23 Å². The van der Waals surface area contributed by atoms with Crippen LogP contribution in [-0.4, -0.2) is 57.1 Å². The Morgan fingerprint density at radius 1 is 1.53 bits per heavy atom. The molecule has 0 aromatic carbocycles. The average molecular weight is 241 g/mol. The van der Waals surface area contributed by atoms with Gasteiger partial charge in [-0.2, -0.15) is 0 Å². The van der Waals surface area contributed by atoms with Crippen molar-refractivity contribution in [3.8, 4) is 0 Å². The maximum atomic E-state index is 11.1. The molecule has 92 valence electrons. The first-order valence-electron chi connectivity index (χ1n) is 4.47. The molecule has 0 aliphatic rings. The van der Waals surface area contributed by atoms with Gasteiger partial charge in [-0.1, -0.05) is 0 Å². The van der Waals surface area contributed by atoms with Crippen LogP contribution in [0.4, 0.5) is 0 Å². The van der Waals surface area contributed by atoms with Crippen molar-refractivity contribution >= 4 is 7.82 Å². The quantitative estimate of drug-likeness (QED) is 0.398. The van der Waals surface area contributed by atoms with Gasteiger partial charge in [-0.3, -0.25) is 9.88 Å². The number of aliphatic hydroxyl groups is 1. The third-order valence-corrected chi connectivity index (χ3v) is 2.48. The second-order valence-corrected chi connectivity index (χ2v) is 4.59. The fraction of sp³-hybridized carbons (Fsp3) is 1.00. The van der Waals surface area contributed by atoms with Gasteiger partial charge >= 0.3 is 0 Å². The molecule has 0 amide bonds. The zero-order valence-electron chi connectivity index (χ0n) is 9.17. The summed E-state index contributed by atoms with van der Waals surface area (Å²) in [6.07, 6.45) is -1.02. The molecule has 0 saturated carbocycles. The van der Waals surface area contributed by atoms with Crippen molar-refractivity contribution in [1.82, 2.24) is 10.2 Å². The third-order valence-electron chi connectivity index (χ3n) is 1.51. The van der Waals surface area contributed by atoms with Crippen LogP contribution in [-0.2, 0) is 13.6 Å². The van der Waals surface area contributed by atoms with Crippen LogP contribution >= 0.6 is 7.82 Å². The Balaban J connectivity index is 3.72. The minimum absolute atomic E-state index is 0.0312. The van der Waals surface area contributed by atoms with Gasteiger partial charge in [-0.25, -0.2) is 0 Å². The predicted molar refractivity (Wildman–Crippen MR) is 53.1 cm³/mol. The highest BCUT2D eigenvalue weighted by Gasteiger charge is 2.11. The summed E-state index contributed by atoms with van der Waals surface area (Å²) in [6, 6.07) is 0. The highest BCUT2D eigenvalue weighted by molar-refractivity contribution is 7.45. The molecule has 0 saturated heterocycles. The van der Waals surface area contributed by atoms with Crippen molar-refractivity contribution in [1.29, 1.82) is 0 Å². The van der Waals surface area contributed by atoms with Gasteiger partial charge in [0, 0.05) is 6.54 Å². The molecule has 0 aromatic heterocycles. The van der Waals surface area contributed by atoms with E-state index in [1.165, 1.54) is 7.05 Å². The zero-order valence-corrected chi connectivity index (χ0v) is 10.1. The molecule has 0 rings (SSSR count). The maximum absolute atomic E-state index is 11.1. The summed E-state index contributed by atoms with van der Waals surface area (Å²) >= 11 is 0. The Morgan fingerprint density at radius 3 is 2.60 bits per heavy atom. The molecule has 2 N–H and O–H groups in total. The summed E-state index contributed by atoms with van der Waals surface area (Å²) in [6.45, 7) is 0.146. The van der Waals surface area contributed by atoms with E-state index in [0.717, 1.165) is 0 Å². The molecule has 15 heavy (non-hydrogen) atoms. The molecule has 0 bridgehead atoms. The molecule has 0 heterocycles. The molecule has 0 aliphatic heterocycles. The van der Waals surface area contributed by atoms with Crippen LogP contribution in [0.15, 0.2) is 0 Å². The van der Waals surface area contributed by atoms with Gasteiger partial charge in [-0.05, 0) is 21.1 Å². The van der Waals surface area contributed by atoms with Crippen molar-refractivity contribution < 1.29 is 23.6 Å². The Labute approximate surface area is 89.6 Å². The lowest BCUT2D eigenvalue weighted by molar-refractivity contribution is -0.227. The molecule has 7 nitrogen and oxygen atoms in total. The number of hydrogen-bond donors (Lipinski definition) is 2. The summed E-state index contributed by atoms with van der Waals surface area (Å²) < 4.78 is 20.0. The van der Waals surface area contributed by atoms with Gasteiger partial charge in [-0.15, -0.1) is 0 Å². The van der Waals surface area contributed by atoms with E-state index in [1.807, 2.05) is 0 Å². The van der Waals surface area contributed by atoms with Gasteiger partial charge in [0.05, 0.1) is 13.2 Å². The van der Waals surface area contributed by atoms with E-state index >= 15 is 0 Å². The Kier molecular flexibility index (Phi) is 7.29. The highest BCUT2D eigenvalue weighted by atomic mass is 31.2. The van der Waals surface area contributed by atoms with E-state index in [1.54, 1.807) is 19.0 Å². The van der Waals surface area contributed by atoms with E-state index in [2.05, 4.69) is 14.4 Å². The smallest absolute Gasteiger partial charge is 0.268 e. The number of nitrogens with zero attached hydrogens (tertiary/aromatic N) is 1. The number of nitrogens with one attached hydrogen (secondary N) is 1. The zero-order chi connectivity index (χ0) is 11.9. The normalized spacial score (nSPS) is 17.7. The lowest BCUT2D eigenvalue weighted by atomic mass is 10.6. The predicted octanol–water partition coefficient (Wildman–Crippen LogP) is -1.41. The minimum atomic E-state index is -4.29. The molecule has 8 heteroatoms. The Bertz CT molecular complexity index is 214. The van der Waals surface area contributed by atoms with Crippen molar-refractivity contribution in [3.63, 3.8) is 0 Å². The monoisotopic (exact) mass is 241 g/mol. The number of phosphoric ester groups is 1. The maximum Gasteiger partial charge on any atom is 0.268 e. The summed E-state index contributed by atoms with van der Waals surface area (Å²) in [5, 5.41) is 11.4. The lowest BCUT2D eigenvalue weighted by Gasteiger charge is -2.24. The summed E-state index contributed by atoms with van der Waals surface area (Å²) in [7, 11) is 0.783. The van der Waals surface area contributed by atoms with Crippen molar-refractivity contribution in [2.75, 3.05) is 40.9 Å². The molecule has 0 aromatic rings. The van der Waals surface area contributed by atoms with Crippen LogP contribution in [0.1, 0.15) is 0 Å². The van der Waals surface area contributed by atoms with Crippen LogP contribution in [0.3, 0.4) is 0 Å². The molecular formula is C7H18N2O5P-. The number of phosphoric acid groups is 1. The van der Waals surface area contributed by atoms with Crippen LogP contribution in [0.5, 0.6) is 0 Å². The first kappa shape index (κ1) is 15.0. The second kappa shape index (κ2) is 7.29. The average Bonchev–Trinajstić information content (AvgIpc) is 2.13. The number of aliphatic hydroxyl groups excluding tert-OH is 1. The lowest BCUT2D eigenvalue weighted by Crippen LogP contribution is -2.30. The van der Waals surface area contributed by atoms with Gasteiger partial charge in [0.15, 0.2) is 0 Å². The van der Waals surface area contributed by atoms with E-state index in [0.29, 0.717) is 6.54 Å².